The van der Waals surface area contributed by atoms with E-state index in [0.717, 1.165) is 34.9 Å². The Kier molecular flexibility index (Phi) is 4.18. The van der Waals surface area contributed by atoms with Crippen molar-refractivity contribution in [1.29, 1.82) is 0 Å². The Labute approximate surface area is 144 Å². The van der Waals surface area contributed by atoms with Gasteiger partial charge >= 0.3 is 0 Å². The molecule has 0 spiro atoms. The summed E-state index contributed by atoms with van der Waals surface area (Å²) in [7, 11) is 1.61. The minimum atomic E-state index is -0.000330. The normalized spacial score (nSPS) is 16.5. The highest BCUT2D eigenvalue weighted by atomic mass is 32.2. The highest BCUT2D eigenvalue weighted by Gasteiger charge is 2.24. The smallest absolute Gasteiger partial charge is 0.286 e. The maximum atomic E-state index is 12.9. The molecule has 1 aliphatic carbocycles. The van der Waals surface area contributed by atoms with Crippen molar-refractivity contribution in [2.24, 2.45) is 5.92 Å². The molecule has 1 N–H and O–H groups in total. The first-order valence-electron chi connectivity index (χ1n) is 8.28. The molecule has 0 unspecified atom stereocenters. The molecule has 3 heterocycles. The van der Waals surface area contributed by atoms with Crippen LogP contribution in [0.25, 0.3) is 11.4 Å². The van der Waals surface area contributed by atoms with E-state index in [4.69, 9.17) is 9.72 Å². The van der Waals surface area contributed by atoms with E-state index in [9.17, 15) is 4.79 Å². The molecule has 0 saturated heterocycles. The average molecular weight is 344 g/mol. The molecule has 0 amide bonds. The number of aromatic nitrogens is 3. The summed E-state index contributed by atoms with van der Waals surface area (Å²) in [5.74, 6) is 2.84. The number of rotatable bonds is 5. The van der Waals surface area contributed by atoms with Gasteiger partial charge < -0.3 is 10.2 Å². The summed E-state index contributed by atoms with van der Waals surface area (Å²) in [5, 5.41) is 0. The van der Waals surface area contributed by atoms with Crippen molar-refractivity contribution in [2.45, 2.75) is 30.6 Å². The Morgan fingerprint density at radius 3 is 3.04 bits per heavy atom. The van der Waals surface area contributed by atoms with Crippen LogP contribution in [0.3, 0.4) is 0 Å². The molecule has 2 aliphatic rings. The van der Waals surface area contributed by atoms with Gasteiger partial charge in [-0.2, -0.15) is 0 Å². The van der Waals surface area contributed by atoms with E-state index in [0.29, 0.717) is 17.5 Å². The Bertz CT molecular complexity index is 817. The number of nitrogens with zero attached hydrogens (tertiary/aromatic N) is 3. The van der Waals surface area contributed by atoms with E-state index in [1.54, 1.807) is 35.9 Å². The topological polar surface area (TPSA) is 69.0 Å². The second-order valence-corrected chi connectivity index (χ2v) is 7.33. The zero-order chi connectivity index (χ0) is 16.5. The van der Waals surface area contributed by atoms with Crippen molar-refractivity contribution < 1.29 is 4.74 Å². The molecular weight excluding hydrogens is 324 g/mol. The van der Waals surface area contributed by atoms with Crippen LogP contribution in [0.4, 0.5) is 0 Å². The molecular formula is C17H20N4O2S. The van der Waals surface area contributed by atoms with Gasteiger partial charge in [-0.1, -0.05) is 6.42 Å². The van der Waals surface area contributed by atoms with Crippen LogP contribution < -0.4 is 15.7 Å². The van der Waals surface area contributed by atoms with Gasteiger partial charge in [0.25, 0.3) is 5.56 Å². The molecule has 24 heavy (non-hydrogen) atoms. The van der Waals surface area contributed by atoms with E-state index >= 15 is 0 Å². The number of ether oxygens (including phenoxy) is 1. The summed E-state index contributed by atoms with van der Waals surface area (Å²) in [5.41, 5.74) is 4.99. The molecule has 2 aromatic rings. The molecule has 0 aromatic carbocycles. The van der Waals surface area contributed by atoms with E-state index in [-0.39, 0.29) is 5.56 Å². The van der Waals surface area contributed by atoms with Gasteiger partial charge in [0.2, 0.25) is 0 Å². The first-order valence-corrected chi connectivity index (χ1v) is 9.27. The van der Waals surface area contributed by atoms with Crippen molar-refractivity contribution in [2.75, 3.05) is 24.8 Å². The van der Waals surface area contributed by atoms with Crippen LogP contribution in [-0.2, 0) is 6.42 Å². The largest absolute Gasteiger partial charge is 0.495 e. The second-order valence-electron chi connectivity index (χ2n) is 6.22. The van der Waals surface area contributed by atoms with Gasteiger partial charge in [0.15, 0.2) is 5.82 Å². The van der Waals surface area contributed by atoms with Crippen molar-refractivity contribution in [3.05, 3.63) is 34.5 Å². The van der Waals surface area contributed by atoms with Gasteiger partial charge in [-0.3, -0.25) is 9.78 Å². The van der Waals surface area contributed by atoms with Crippen LogP contribution in [0.5, 0.6) is 5.75 Å². The van der Waals surface area contributed by atoms with Crippen LogP contribution in [0, 0.1) is 5.92 Å². The lowest BCUT2D eigenvalue weighted by atomic mass is 9.86. The maximum Gasteiger partial charge on any atom is 0.286 e. The number of hydrogen-bond acceptors (Lipinski definition) is 6. The van der Waals surface area contributed by atoms with Crippen LogP contribution in [0.2, 0.25) is 0 Å². The molecule has 6 nitrogen and oxygen atoms in total. The third kappa shape index (κ3) is 2.77. The zero-order valence-electron chi connectivity index (χ0n) is 13.6. The summed E-state index contributed by atoms with van der Waals surface area (Å²) in [6.45, 7) is 0.801. The molecule has 1 fully saturated rings. The summed E-state index contributed by atoms with van der Waals surface area (Å²) in [4.78, 5) is 22.7. The minimum Gasteiger partial charge on any atom is -0.495 e. The fraction of sp³-hybridized carbons (Fsp3) is 0.471. The van der Waals surface area contributed by atoms with Gasteiger partial charge in [0, 0.05) is 30.5 Å². The first-order chi connectivity index (χ1) is 11.8. The fourth-order valence-electron chi connectivity index (χ4n) is 3.02. The average Bonchev–Trinajstić information content (AvgIpc) is 3.04. The molecule has 0 bridgehead atoms. The second kappa shape index (κ2) is 6.47. The third-order valence-electron chi connectivity index (χ3n) is 4.67. The summed E-state index contributed by atoms with van der Waals surface area (Å²) < 4.78 is 6.86. The van der Waals surface area contributed by atoms with Crippen molar-refractivity contribution >= 4 is 11.8 Å². The maximum absolute atomic E-state index is 12.9. The molecule has 2 aromatic heterocycles. The van der Waals surface area contributed by atoms with Crippen LogP contribution in [-0.4, -0.2) is 34.1 Å². The van der Waals surface area contributed by atoms with Crippen molar-refractivity contribution in [3.8, 4) is 17.1 Å². The SMILES string of the molecule is COc1cncc(-c2nc3c(c(=O)n2NCC2CCC2)SCC3)c1. The van der Waals surface area contributed by atoms with Crippen LogP contribution in [0.15, 0.2) is 28.2 Å². The lowest BCUT2D eigenvalue weighted by Gasteiger charge is -2.27. The van der Waals surface area contributed by atoms with E-state index in [1.807, 2.05) is 6.07 Å². The van der Waals surface area contributed by atoms with E-state index in [2.05, 4.69) is 10.4 Å². The Morgan fingerprint density at radius 2 is 2.29 bits per heavy atom. The predicted molar refractivity (Wildman–Crippen MR) is 94.3 cm³/mol. The number of pyridine rings is 1. The number of nitrogens with one attached hydrogen (secondary N) is 1. The summed E-state index contributed by atoms with van der Waals surface area (Å²) >= 11 is 1.60. The van der Waals surface area contributed by atoms with Crippen LogP contribution >= 0.6 is 11.8 Å². The number of thioether (sulfide) groups is 1. The summed E-state index contributed by atoms with van der Waals surface area (Å²) in [6.07, 6.45) is 7.95. The van der Waals surface area contributed by atoms with Crippen LogP contribution in [0.1, 0.15) is 25.0 Å². The van der Waals surface area contributed by atoms with Crippen molar-refractivity contribution in [3.63, 3.8) is 0 Å². The quantitative estimate of drug-likeness (QED) is 0.898. The number of methoxy groups -OCH3 is 1. The standard InChI is InChI=1S/C17H20N4O2S/c1-23-13-7-12(9-18-10-13)16-20-14-5-6-24-15(14)17(22)21(16)19-8-11-3-2-4-11/h7,9-11,19H,2-6,8H2,1H3. The van der Waals surface area contributed by atoms with Gasteiger partial charge in [0.1, 0.15) is 5.75 Å². The zero-order valence-corrected chi connectivity index (χ0v) is 14.4. The van der Waals surface area contributed by atoms with Gasteiger partial charge in [-0.15, -0.1) is 11.8 Å². The molecule has 7 heteroatoms. The Hall–Kier alpha value is -2.02. The molecule has 0 radical (unpaired) electrons. The fourth-order valence-corrected chi connectivity index (χ4v) is 4.05. The first kappa shape index (κ1) is 15.5. The van der Waals surface area contributed by atoms with Crippen molar-refractivity contribution in [1.82, 2.24) is 14.6 Å². The van der Waals surface area contributed by atoms with Gasteiger partial charge in [0.05, 0.1) is 23.9 Å². The lowest BCUT2D eigenvalue weighted by molar-refractivity contribution is 0.325. The van der Waals surface area contributed by atoms with E-state index in [1.165, 1.54) is 19.3 Å². The molecule has 1 aliphatic heterocycles. The lowest BCUT2D eigenvalue weighted by Crippen LogP contribution is -2.36. The minimum absolute atomic E-state index is 0.000330. The Balaban J connectivity index is 1.78. The van der Waals surface area contributed by atoms with Gasteiger partial charge in [-0.05, 0) is 24.8 Å². The number of hydrogen-bond donors (Lipinski definition) is 1. The highest BCUT2D eigenvalue weighted by molar-refractivity contribution is 7.99. The number of fused-ring (bicyclic) bond motifs is 1. The predicted octanol–water partition coefficient (Wildman–Crippen LogP) is 2.31. The molecule has 0 atom stereocenters. The Morgan fingerprint density at radius 1 is 1.42 bits per heavy atom. The molecule has 4 rings (SSSR count). The summed E-state index contributed by atoms with van der Waals surface area (Å²) in [6, 6.07) is 1.87. The third-order valence-corrected chi connectivity index (χ3v) is 5.77. The monoisotopic (exact) mass is 344 g/mol. The molecule has 1 saturated carbocycles. The highest BCUT2D eigenvalue weighted by Crippen LogP contribution is 2.30. The number of aryl methyl sites for hydroxylation is 1. The van der Waals surface area contributed by atoms with E-state index < -0.39 is 0 Å². The van der Waals surface area contributed by atoms with Gasteiger partial charge in [-0.25, -0.2) is 9.66 Å². The molecule has 126 valence electrons.